The maximum Gasteiger partial charge on any atom is 0.264 e. The number of halogens is 1. The Hall–Kier alpha value is -4.24. The largest absolute Gasteiger partial charge is 0.360 e. The van der Waals surface area contributed by atoms with Crippen LogP contribution in [0.15, 0.2) is 101 Å². The van der Waals surface area contributed by atoms with Crippen LogP contribution in [0.1, 0.15) is 15.9 Å². The van der Waals surface area contributed by atoms with E-state index in [2.05, 4.69) is 16.9 Å². The number of hydrogen-bond acceptors (Lipinski definition) is 4. The number of aromatic amines is 1. The maximum absolute atomic E-state index is 13.4. The number of nitrogens with one attached hydrogen (secondary N) is 2. The minimum absolute atomic E-state index is 0.0343. The number of rotatable bonds is 8. The first-order chi connectivity index (χ1) is 16.8. The number of hydrogen-bond donors (Lipinski definition) is 2. The predicted molar refractivity (Wildman–Crippen MR) is 133 cm³/mol. The van der Waals surface area contributed by atoms with E-state index in [9.17, 15) is 22.4 Å². The third-order valence-electron chi connectivity index (χ3n) is 5.39. The third-order valence-corrected chi connectivity index (χ3v) is 7.18. The summed E-state index contributed by atoms with van der Waals surface area (Å²) in [5.74, 6) is -1.03. The molecule has 7 nitrogen and oxygen atoms in total. The van der Waals surface area contributed by atoms with Gasteiger partial charge in [0, 0.05) is 23.6 Å². The van der Waals surface area contributed by atoms with Crippen LogP contribution in [0.3, 0.4) is 0 Å². The van der Waals surface area contributed by atoms with Gasteiger partial charge in [-0.3, -0.25) is 13.9 Å². The number of para-hydroxylation sites is 1. The van der Waals surface area contributed by atoms with Gasteiger partial charge in [-0.05, 0) is 48.0 Å². The molecule has 0 spiro atoms. The van der Waals surface area contributed by atoms with Crippen LogP contribution in [-0.4, -0.2) is 25.9 Å². The van der Waals surface area contributed by atoms with E-state index in [-0.39, 0.29) is 28.9 Å². The zero-order valence-electron chi connectivity index (χ0n) is 18.6. The molecule has 0 aliphatic carbocycles. The van der Waals surface area contributed by atoms with E-state index in [0.717, 1.165) is 0 Å². The number of sulfonamides is 1. The fourth-order valence-corrected chi connectivity index (χ4v) is 5.05. The minimum atomic E-state index is -4.03. The van der Waals surface area contributed by atoms with Crippen molar-refractivity contribution in [2.24, 2.45) is 0 Å². The fraction of sp³-hybridized carbons (Fsp3) is 0.0769. The predicted octanol–water partition coefficient (Wildman–Crippen LogP) is 3.98. The van der Waals surface area contributed by atoms with E-state index in [1.165, 1.54) is 59.0 Å². The molecule has 0 bridgehead atoms. The highest BCUT2D eigenvalue weighted by molar-refractivity contribution is 7.92. The molecule has 178 valence electrons. The average Bonchev–Trinajstić information content (AvgIpc) is 2.87. The molecule has 0 aliphatic rings. The van der Waals surface area contributed by atoms with Crippen LogP contribution in [-0.2, 0) is 16.6 Å². The summed E-state index contributed by atoms with van der Waals surface area (Å²) < 4.78 is 41.1. The second-order valence-electron chi connectivity index (χ2n) is 7.71. The summed E-state index contributed by atoms with van der Waals surface area (Å²) in [7, 11) is -4.03. The molecule has 4 rings (SSSR count). The summed E-state index contributed by atoms with van der Waals surface area (Å²) >= 11 is 0. The van der Waals surface area contributed by atoms with Crippen molar-refractivity contribution >= 4 is 32.5 Å². The Morgan fingerprint density at radius 3 is 2.46 bits per heavy atom. The third kappa shape index (κ3) is 4.99. The average molecular weight is 492 g/mol. The maximum atomic E-state index is 13.4. The molecule has 0 aliphatic heterocycles. The Labute approximate surface area is 201 Å². The van der Waals surface area contributed by atoms with Crippen molar-refractivity contribution in [2.75, 3.05) is 10.8 Å². The quantitative estimate of drug-likeness (QED) is 0.364. The van der Waals surface area contributed by atoms with Crippen molar-refractivity contribution in [3.63, 3.8) is 0 Å². The van der Waals surface area contributed by atoms with Gasteiger partial charge >= 0.3 is 0 Å². The number of benzene rings is 3. The lowest BCUT2D eigenvalue weighted by Crippen LogP contribution is -2.31. The molecule has 9 heteroatoms. The van der Waals surface area contributed by atoms with Crippen molar-refractivity contribution in [3.8, 4) is 0 Å². The van der Waals surface area contributed by atoms with Gasteiger partial charge in [-0.1, -0.05) is 36.4 Å². The number of carbonyl (C=O) groups is 1. The molecule has 0 unspecified atom stereocenters. The van der Waals surface area contributed by atoms with Crippen molar-refractivity contribution in [2.45, 2.75) is 11.4 Å². The summed E-state index contributed by atoms with van der Waals surface area (Å²) in [5.41, 5.74) is 0.727. The number of carbonyl (C=O) groups excluding carboxylic acids is 1. The monoisotopic (exact) mass is 491 g/mol. The van der Waals surface area contributed by atoms with Crippen LogP contribution in [0.5, 0.6) is 0 Å². The van der Waals surface area contributed by atoms with E-state index >= 15 is 0 Å². The summed E-state index contributed by atoms with van der Waals surface area (Å²) in [6.07, 6.45) is 2.76. The molecule has 2 N–H and O–H groups in total. The molecule has 1 aromatic heterocycles. The standard InChI is InChI=1S/C26H22FN3O4S/c1-2-14-30(20-6-4-3-5-7-20)35(33,34)21-12-13-24-22(15-21)25(31)23(17-28-24)26(32)29-16-18-8-10-19(27)11-9-18/h2-13,15,17H,1,14,16H2,(H,28,31)(H,29,32). The molecule has 1 heterocycles. The molecule has 1 amide bonds. The number of anilines is 1. The molecule has 0 saturated heterocycles. The summed E-state index contributed by atoms with van der Waals surface area (Å²) in [6, 6.07) is 18.3. The highest BCUT2D eigenvalue weighted by Crippen LogP contribution is 2.25. The van der Waals surface area contributed by atoms with Crippen LogP contribution in [0.2, 0.25) is 0 Å². The van der Waals surface area contributed by atoms with Gasteiger partial charge in [0.25, 0.3) is 15.9 Å². The number of nitrogens with zero attached hydrogens (tertiary/aromatic N) is 1. The van der Waals surface area contributed by atoms with Gasteiger partial charge in [0.2, 0.25) is 5.43 Å². The molecular formula is C26H22FN3O4S. The number of aromatic nitrogens is 1. The van der Waals surface area contributed by atoms with Gasteiger partial charge in [0.15, 0.2) is 0 Å². The molecule has 4 aromatic rings. The highest BCUT2D eigenvalue weighted by Gasteiger charge is 2.25. The van der Waals surface area contributed by atoms with Gasteiger partial charge in [-0.15, -0.1) is 6.58 Å². The van der Waals surface area contributed by atoms with Gasteiger partial charge in [-0.2, -0.15) is 0 Å². The lowest BCUT2D eigenvalue weighted by molar-refractivity contribution is 0.0949. The first-order valence-corrected chi connectivity index (χ1v) is 12.1. The van der Waals surface area contributed by atoms with Crippen molar-refractivity contribution in [1.29, 1.82) is 0 Å². The van der Waals surface area contributed by atoms with E-state index in [0.29, 0.717) is 16.8 Å². The molecule has 0 radical (unpaired) electrons. The van der Waals surface area contributed by atoms with Crippen LogP contribution in [0.4, 0.5) is 10.1 Å². The fourth-order valence-electron chi connectivity index (χ4n) is 3.59. The molecule has 0 fully saturated rings. The molecule has 3 aromatic carbocycles. The van der Waals surface area contributed by atoms with E-state index in [1.807, 2.05) is 0 Å². The van der Waals surface area contributed by atoms with E-state index in [4.69, 9.17) is 0 Å². The summed E-state index contributed by atoms with van der Waals surface area (Å²) in [5, 5.41) is 2.68. The smallest absolute Gasteiger partial charge is 0.264 e. The summed E-state index contributed by atoms with van der Waals surface area (Å²) in [6.45, 7) is 3.78. The van der Waals surface area contributed by atoms with Crippen LogP contribution < -0.4 is 15.1 Å². The zero-order chi connectivity index (χ0) is 25.0. The molecule has 0 atom stereocenters. The van der Waals surface area contributed by atoms with Gasteiger partial charge in [0.1, 0.15) is 11.4 Å². The Morgan fingerprint density at radius 1 is 1.06 bits per heavy atom. The second kappa shape index (κ2) is 9.94. The normalized spacial score (nSPS) is 11.2. The SMILES string of the molecule is C=CCN(c1ccccc1)S(=O)(=O)c1ccc2[nH]cc(C(=O)NCc3ccc(F)cc3)c(=O)c2c1. The van der Waals surface area contributed by atoms with Crippen LogP contribution in [0.25, 0.3) is 10.9 Å². The topological polar surface area (TPSA) is 99.3 Å². The van der Waals surface area contributed by atoms with Crippen molar-refractivity contribution in [3.05, 3.63) is 119 Å². The molecular weight excluding hydrogens is 469 g/mol. The van der Waals surface area contributed by atoms with E-state index < -0.39 is 27.2 Å². The van der Waals surface area contributed by atoms with Crippen molar-refractivity contribution < 1.29 is 17.6 Å². The van der Waals surface area contributed by atoms with Crippen molar-refractivity contribution in [1.82, 2.24) is 10.3 Å². The lowest BCUT2D eigenvalue weighted by atomic mass is 10.1. The Morgan fingerprint density at radius 2 is 1.77 bits per heavy atom. The van der Waals surface area contributed by atoms with Gasteiger partial charge in [-0.25, -0.2) is 12.8 Å². The highest BCUT2D eigenvalue weighted by atomic mass is 32.2. The summed E-state index contributed by atoms with van der Waals surface area (Å²) in [4.78, 5) is 28.6. The molecule has 35 heavy (non-hydrogen) atoms. The Balaban J connectivity index is 1.68. The number of pyridine rings is 1. The number of fused-ring (bicyclic) bond motifs is 1. The van der Waals surface area contributed by atoms with Gasteiger partial charge < -0.3 is 10.3 Å². The first kappa shape index (κ1) is 23.9. The Bertz CT molecular complexity index is 1550. The molecule has 0 saturated carbocycles. The second-order valence-corrected chi connectivity index (χ2v) is 9.57. The van der Waals surface area contributed by atoms with Crippen LogP contribution in [0, 0.1) is 5.82 Å². The van der Waals surface area contributed by atoms with E-state index in [1.54, 1.807) is 30.3 Å². The minimum Gasteiger partial charge on any atom is -0.360 e. The zero-order valence-corrected chi connectivity index (χ0v) is 19.4. The number of H-pyrrole nitrogens is 1. The van der Waals surface area contributed by atoms with Crippen LogP contribution >= 0.6 is 0 Å². The first-order valence-electron chi connectivity index (χ1n) is 10.7. The van der Waals surface area contributed by atoms with Gasteiger partial charge in [0.05, 0.1) is 17.1 Å². The number of amides is 1. The lowest BCUT2D eigenvalue weighted by Gasteiger charge is -2.23. The Kier molecular flexibility index (Phi) is 6.79.